The SMILES string of the molecule is C[C@H](CCC(=O)O)C1CCC2[C@H]3C(CC[C@@]21C)[C@@]1(C)CCCC[C@H]1C[C@@H]3O. The summed E-state index contributed by atoms with van der Waals surface area (Å²) in [5.41, 5.74) is 0.758. The van der Waals surface area contributed by atoms with E-state index in [4.69, 9.17) is 5.11 Å². The normalized spacial score (nSPS) is 50.4. The van der Waals surface area contributed by atoms with E-state index in [2.05, 4.69) is 20.8 Å². The maximum absolute atomic E-state index is 11.2. The van der Waals surface area contributed by atoms with Gasteiger partial charge in [0.15, 0.2) is 0 Å². The van der Waals surface area contributed by atoms with E-state index in [-0.39, 0.29) is 6.10 Å². The van der Waals surface area contributed by atoms with Gasteiger partial charge >= 0.3 is 5.97 Å². The highest BCUT2D eigenvalue weighted by molar-refractivity contribution is 5.66. The number of hydrogen-bond acceptors (Lipinski definition) is 2. The minimum atomic E-state index is -0.663. The molecule has 0 spiro atoms. The third kappa shape index (κ3) is 3.07. The maximum atomic E-state index is 11.2. The highest BCUT2D eigenvalue weighted by Gasteiger charge is 2.62. The summed E-state index contributed by atoms with van der Waals surface area (Å²) in [6.07, 6.45) is 12.5. The van der Waals surface area contributed by atoms with E-state index in [0.29, 0.717) is 46.8 Å². The molecule has 4 aliphatic rings. The molecule has 0 aromatic carbocycles. The molecule has 4 fully saturated rings. The van der Waals surface area contributed by atoms with Gasteiger partial charge in [0, 0.05) is 6.42 Å². The Balaban J connectivity index is 1.56. The Kier molecular flexibility index (Phi) is 5.15. The molecule has 4 rings (SSSR count). The van der Waals surface area contributed by atoms with Crippen molar-refractivity contribution >= 4 is 5.97 Å². The quantitative estimate of drug-likeness (QED) is 0.680. The fraction of sp³-hybridized carbons (Fsp3) is 0.958. The Bertz CT molecular complexity index is 574. The summed E-state index contributed by atoms with van der Waals surface area (Å²) in [4.78, 5) is 11.0. The molecule has 3 unspecified atom stereocenters. The molecular formula is C24H40O3. The Morgan fingerprint density at radius 1 is 1.04 bits per heavy atom. The minimum absolute atomic E-state index is 0.108. The Labute approximate surface area is 165 Å². The van der Waals surface area contributed by atoms with Crippen LogP contribution in [0.1, 0.15) is 91.4 Å². The van der Waals surface area contributed by atoms with Crippen LogP contribution < -0.4 is 0 Å². The fourth-order valence-electron chi connectivity index (χ4n) is 8.78. The summed E-state index contributed by atoms with van der Waals surface area (Å²) in [5.74, 6) is 3.02. The Morgan fingerprint density at radius 3 is 2.52 bits per heavy atom. The lowest BCUT2D eigenvalue weighted by atomic mass is 9.44. The second-order valence-corrected chi connectivity index (χ2v) is 11.2. The fourth-order valence-corrected chi connectivity index (χ4v) is 8.78. The van der Waals surface area contributed by atoms with Crippen LogP contribution in [0.5, 0.6) is 0 Å². The van der Waals surface area contributed by atoms with Gasteiger partial charge in [0.1, 0.15) is 0 Å². The monoisotopic (exact) mass is 376 g/mol. The van der Waals surface area contributed by atoms with Crippen molar-refractivity contribution in [2.45, 2.75) is 97.5 Å². The van der Waals surface area contributed by atoms with Gasteiger partial charge in [0.25, 0.3) is 0 Å². The molecule has 4 saturated carbocycles. The Morgan fingerprint density at radius 2 is 1.78 bits per heavy atom. The first kappa shape index (κ1) is 19.7. The van der Waals surface area contributed by atoms with Crippen molar-refractivity contribution in [1.29, 1.82) is 0 Å². The van der Waals surface area contributed by atoms with Crippen molar-refractivity contribution in [1.82, 2.24) is 0 Å². The van der Waals surface area contributed by atoms with Gasteiger partial charge in [-0.25, -0.2) is 0 Å². The maximum Gasteiger partial charge on any atom is 0.303 e. The molecule has 0 radical (unpaired) electrons. The van der Waals surface area contributed by atoms with Gasteiger partial charge < -0.3 is 10.2 Å². The molecule has 9 atom stereocenters. The molecule has 154 valence electrons. The number of fused-ring (bicyclic) bond motifs is 5. The topological polar surface area (TPSA) is 57.5 Å². The molecule has 0 aromatic heterocycles. The van der Waals surface area contributed by atoms with E-state index >= 15 is 0 Å². The largest absolute Gasteiger partial charge is 0.481 e. The van der Waals surface area contributed by atoms with Gasteiger partial charge in [0.2, 0.25) is 0 Å². The molecule has 0 aromatic rings. The molecule has 27 heavy (non-hydrogen) atoms. The van der Waals surface area contributed by atoms with Gasteiger partial charge in [-0.2, -0.15) is 0 Å². The van der Waals surface area contributed by atoms with Crippen LogP contribution in [0, 0.1) is 46.3 Å². The smallest absolute Gasteiger partial charge is 0.303 e. The van der Waals surface area contributed by atoms with Crippen molar-refractivity contribution in [2.24, 2.45) is 46.3 Å². The lowest BCUT2D eigenvalue weighted by Gasteiger charge is -2.62. The molecule has 0 aliphatic heterocycles. The van der Waals surface area contributed by atoms with Gasteiger partial charge in [0.05, 0.1) is 6.10 Å². The van der Waals surface area contributed by atoms with Gasteiger partial charge in [-0.05, 0) is 97.7 Å². The minimum Gasteiger partial charge on any atom is -0.481 e. The zero-order valence-electron chi connectivity index (χ0n) is 17.6. The van der Waals surface area contributed by atoms with Crippen molar-refractivity contribution < 1.29 is 15.0 Å². The first-order valence-corrected chi connectivity index (χ1v) is 11.7. The van der Waals surface area contributed by atoms with Crippen molar-refractivity contribution in [2.75, 3.05) is 0 Å². The second kappa shape index (κ2) is 7.04. The van der Waals surface area contributed by atoms with Gasteiger partial charge in [-0.15, -0.1) is 0 Å². The van der Waals surface area contributed by atoms with Crippen molar-refractivity contribution in [3.63, 3.8) is 0 Å². The molecule has 0 amide bonds. The third-order valence-electron chi connectivity index (χ3n) is 10.2. The van der Waals surface area contributed by atoms with Crippen LogP contribution in [-0.2, 0) is 4.79 Å². The van der Waals surface area contributed by atoms with E-state index in [1.165, 1.54) is 51.4 Å². The lowest BCUT2D eigenvalue weighted by Crippen LogP contribution is -2.57. The van der Waals surface area contributed by atoms with Crippen LogP contribution >= 0.6 is 0 Å². The molecule has 2 N–H and O–H groups in total. The van der Waals surface area contributed by atoms with Crippen molar-refractivity contribution in [3.05, 3.63) is 0 Å². The second-order valence-electron chi connectivity index (χ2n) is 11.2. The molecule has 4 aliphatic carbocycles. The van der Waals surface area contributed by atoms with Crippen LogP contribution in [0.4, 0.5) is 0 Å². The van der Waals surface area contributed by atoms with Crippen LogP contribution in [0.3, 0.4) is 0 Å². The first-order valence-electron chi connectivity index (χ1n) is 11.7. The van der Waals surface area contributed by atoms with Crippen LogP contribution in [0.15, 0.2) is 0 Å². The van der Waals surface area contributed by atoms with E-state index in [1.54, 1.807) is 0 Å². The number of rotatable bonds is 4. The van der Waals surface area contributed by atoms with E-state index in [0.717, 1.165) is 18.8 Å². The summed E-state index contributed by atoms with van der Waals surface area (Å²) < 4.78 is 0. The lowest BCUT2D eigenvalue weighted by molar-refractivity contribution is -0.164. The molecule has 3 heteroatoms. The summed E-state index contributed by atoms with van der Waals surface area (Å²) in [5, 5.41) is 20.3. The zero-order chi connectivity index (χ0) is 19.4. The average Bonchev–Trinajstić information content (AvgIpc) is 2.97. The summed E-state index contributed by atoms with van der Waals surface area (Å²) in [6, 6.07) is 0. The molecular weight excluding hydrogens is 336 g/mol. The predicted octanol–water partition coefficient (Wildman–Crippen LogP) is 5.51. The van der Waals surface area contributed by atoms with E-state index in [1.807, 2.05) is 0 Å². The van der Waals surface area contributed by atoms with E-state index in [9.17, 15) is 9.90 Å². The third-order valence-corrected chi connectivity index (χ3v) is 10.2. The molecule has 0 heterocycles. The first-order chi connectivity index (χ1) is 12.8. The van der Waals surface area contributed by atoms with Crippen molar-refractivity contribution in [3.8, 4) is 0 Å². The number of carboxylic acid groups (broad SMARTS) is 1. The standard InChI is InChI=1S/C24H40O3/c1-15(7-10-21(26)27)17-8-9-18-22-19(11-13-24(17,18)3)23(2)12-5-4-6-16(23)14-20(22)25/h15-20,22,25H,4-14H2,1-3H3,(H,26,27)/t15-,16+,17?,18?,19?,20+,22+,23+,24-/m1/s1. The highest BCUT2D eigenvalue weighted by Crippen LogP contribution is 2.68. The van der Waals surface area contributed by atoms with Gasteiger partial charge in [-0.3, -0.25) is 4.79 Å². The number of aliphatic hydroxyl groups excluding tert-OH is 1. The van der Waals surface area contributed by atoms with Crippen LogP contribution in [0.25, 0.3) is 0 Å². The number of aliphatic carboxylic acids is 1. The van der Waals surface area contributed by atoms with Gasteiger partial charge in [-0.1, -0.05) is 33.6 Å². The van der Waals surface area contributed by atoms with E-state index < -0.39 is 5.97 Å². The molecule has 0 bridgehead atoms. The molecule has 0 saturated heterocycles. The van der Waals surface area contributed by atoms with Crippen LogP contribution in [-0.4, -0.2) is 22.3 Å². The summed E-state index contributed by atoms with van der Waals surface area (Å²) in [7, 11) is 0. The Hall–Kier alpha value is -0.570. The molecule has 3 nitrogen and oxygen atoms in total. The number of aliphatic hydroxyl groups is 1. The number of carboxylic acids is 1. The summed E-state index contributed by atoms with van der Waals surface area (Å²) in [6.45, 7) is 7.33. The summed E-state index contributed by atoms with van der Waals surface area (Å²) >= 11 is 0. The average molecular weight is 377 g/mol. The van der Waals surface area contributed by atoms with Crippen LogP contribution in [0.2, 0.25) is 0 Å². The predicted molar refractivity (Wildman–Crippen MR) is 107 cm³/mol. The highest BCUT2D eigenvalue weighted by atomic mass is 16.4. The number of carbonyl (C=O) groups is 1. The zero-order valence-corrected chi connectivity index (χ0v) is 17.6. The number of hydrogen-bond donors (Lipinski definition) is 2.